The smallest absolute Gasteiger partial charge is 0.167 e. The molecule has 9 aromatic carbocycles. The van der Waals surface area contributed by atoms with E-state index in [0.29, 0.717) is 22.3 Å². The highest BCUT2D eigenvalue weighted by Crippen LogP contribution is 2.50. The van der Waals surface area contributed by atoms with Gasteiger partial charge in [-0.25, -0.2) is 15.0 Å². The second-order valence-electron chi connectivity index (χ2n) is 17.2. The number of nitrogens with zero attached hydrogens (tertiary/aromatic N) is 4. The summed E-state index contributed by atoms with van der Waals surface area (Å²) in [5, 5.41) is 3.93. The van der Waals surface area contributed by atoms with Crippen LogP contribution in [0, 0.1) is 0 Å². The number of hydrogen-bond donors (Lipinski definition) is 0. The summed E-state index contributed by atoms with van der Waals surface area (Å²) in [6.45, 7) is 4.42. The highest BCUT2D eigenvalue weighted by molar-refractivity contribution is 6.13. The second-order valence-corrected chi connectivity index (χ2v) is 17.2. The highest BCUT2D eigenvalue weighted by Gasteiger charge is 2.35. The molecular formula is C60H40N4O. The van der Waals surface area contributed by atoms with Gasteiger partial charge >= 0.3 is 0 Å². The van der Waals surface area contributed by atoms with E-state index < -0.39 is 30.2 Å². The van der Waals surface area contributed by atoms with Crippen LogP contribution >= 0.6 is 0 Å². The molecule has 306 valence electrons. The molecule has 0 N–H and O–H groups in total. The maximum atomic E-state index is 9.09. The molecule has 65 heavy (non-hydrogen) atoms. The van der Waals surface area contributed by atoms with Gasteiger partial charge in [-0.3, -0.25) is 0 Å². The number of aromatic nitrogens is 4. The van der Waals surface area contributed by atoms with E-state index in [1.807, 2.05) is 42.5 Å². The largest absolute Gasteiger partial charge is 0.455 e. The van der Waals surface area contributed by atoms with Crippen LogP contribution < -0.4 is 0 Å². The first-order valence-electron chi connectivity index (χ1n) is 24.3. The maximum absolute atomic E-state index is 9.09. The summed E-state index contributed by atoms with van der Waals surface area (Å²) in [5.41, 5.74) is 13.8. The van der Waals surface area contributed by atoms with E-state index in [4.69, 9.17) is 26.2 Å². The lowest BCUT2D eigenvalue weighted by atomic mass is 9.82. The van der Waals surface area contributed by atoms with Crippen LogP contribution in [0.15, 0.2) is 211 Å². The predicted octanol–water partition coefficient (Wildman–Crippen LogP) is 15.5. The molecule has 0 saturated heterocycles. The molecule has 1 aliphatic carbocycles. The zero-order chi connectivity index (χ0) is 47.6. The minimum absolute atomic E-state index is 0.0489. The van der Waals surface area contributed by atoms with E-state index in [9.17, 15) is 0 Å². The quantitative estimate of drug-likeness (QED) is 0.167. The third-order valence-corrected chi connectivity index (χ3v) is 13.1. The molecule has 0 unspecified atom stereocenters. The standard InChI is InChI=1S/C60H40N4O/c1-60(2)51-25-12-9-22-44(51)45-30-29-42(33-52(45)60)58-61-57(38-18-7-4-8-19-38)62-59(63-58)50-36-43(64-53-26-13-10-23-46(53)47-24-11-14-27-54(47)64)35-49-48-31-28-41(34-55(48)65-56(49)50)40-21-15-20-39(32-40)37-16-5-3-6-17-37/h3-36H,1-2H3/i4D,7D,8D,18D,19D. The minimum atomic E-state index is -0.498. The fraction of sp³-hybridized carbons (Fsp3) is 0.0500. The Bertz CT molecular complexity index is 4090. The van der Waals surface area contributed by atoms with Crippen LogP contribution in [0.4, 0.5) is 0 Å². The summed E-state index contributed by atoms with van der Waals surface area (Å²) in [7, 11) is 0. The lowest BCUT2D eigenvalue weighted by Crippen LogP contribution is -2.15. The summed E-state index contributed by atoms with van der Waals surface area (Å²) >= 11 is 0. The first-order valence-corrected chi connectivity index (χ1v) is 21.8. The molecule has 0 amide bonds. The van der Waals surface area contributed by atoms with Crippen LogP contribution in [0.2, 0.25) is 0 Å². The van der Waals surface area contributed by atoms with Gasteiger partial charge in [0.1, 0.15) is 11.2 Å². The van der Waals surface area contributed by atoms with E-state index in [1.54, 1.807) is 0 Å². The second kappa shape index (κ2) is 14.3. The van der Waals surface area contributed by atoms with Gasteiger partial charge in [-0.15, -0.1) is 0 Å². The van der Waals surface area contributed by atoms with E-state index in [2.05, 4.69) is 152 Å². The predicted molar refractivity (Wildman–Crippen MR) is 266 cm³/mol. The number of rotatable bonds is 6. The Morgan fingerprint density at radius 3 is 1.83 bits per heavy atom. The van der Waals surface area contributed by atoms with Crippen LogP contribution in [-0.2, 0) is 5.41 Å². The lowest BCUT2D eigenvalue weighted by Gasteiger charge is -2.21. The van der Waals surface area contributed by atoms with Gasteiger partial charge in [0.15, 0.2) is 17.5 Å². The highest BCUT2D eigenvalue weighted by atomic mass is 16.3. The molecule has 0 saturated carbocycles. The number of para-hydroxylation sites is 2. The minimum Gasteiger partial charge on any atom is -0.455 e. The van der Waals surface area contributed by atoms with E-state index >= 15 is 0 Å². The van der Waals surface area contributed by atoms with Gasteiger partial charge in [-0.2, -0.15) is 0 Å². The molecule has 3 aromatic heterocycles. The fourth-order valence-corrected chi connectivity index (χ4v) is 9.99. The average molecular weight is 838 g/mol. The van der Waals surface area contributed by atoms with Gasteiger partial charge in [0.2, 0.25) is 0 Å². The van der Waals surface area contributed by atoms with E-state index in [-0.39, 0.29) is 28.5 Å². The average Bonchev–Trinajstić information content (AvgIpc) is 4.02. The van der Waals surface area contributed by atoms with Gasteiger partial charge in [-0.05, 0) is 93.0 Å². The number of fused-ring (bicyclic) bond motifs is 9. The topological polar surface area (TPSA) is 56.7 Å². The summed E-state index contributed by atoms with van der Waals surface area (Å²) in [5.74, 6) is 0.456. The first kappa shape index (κ1) is 32.3. The zero-order valence-electron chi connectivity index (χ0n) is 40.4. The van der Waals surface area contributed by atoms with Crippen LogP contribution in [0.25, 0.3) is 117 Å². The Hall–Kier alpha value is -8.41. The van der Waals surface area contributed by atoms with Crippen molar-refractivity contribution in [1.29, 1.82) is 0 Å². The normalized spacial score (nSPS) is 14.0. The molecule has 0 radical (unpaired) electrons. The van der Waals surface area contributed by atoms with Crippen molar-refractivity contribution in [3.05, 3.63) is 217 Å². The van der Waals surface area contributed by atoms with Crippen molar-refractivity contribution >= 4 is 43.7 Å². The van der Waals surface area contributed by atoms with Crippen molar-refractivity contribution < 1.29 is 11.3 Å². The molecule has 5 nitrogen and oxygen atoms in total. The molecule has 0 atom stereocenters. The fourth-order valence-electron chi connectivity index (χ4n) is 9.99. The van der Waals surface area contributed by atoms with Gasteiger partial charge in [0.05, 0.1) is 23.5 Å². The molecule has 12 aromatic rings. The van der Waals surface area contributed by atoms with Gasteiger partial charge < -0.3 is 8.98 Å². The van der Waals surface area contributed by atoms with E-state index in [1.165, 1.54) is 11.1 Å². The van der Waals surface area contributed by atoms with Crippen molar-refractivity contribution in [3.8, 4) is 73.2 Å². The molecule has 5 heteroatoms. The van der Waals surface area contributed by atoms with Crippen molar-refractivity contribution in [2.24, 2.45) is 0 Å². The van der Waals surface area contributed by atoms with Gasteiger partial charge in [0.25, 0.3) is 0 Å². The summed E-state index contributed by atoms with van der Waals surface area (Å²) in [6, 6.07) is 58.3. The lowest BCUT2D eigenvalue weighted by molar-refractivity contribution is 0.660. The van der Waals surface area contributed by atoms with Crippen molar-refractivity contribution in [2.45, 2.75) is 19.3 Å². The third kappa shape index (κ3) is 5.89. The molecule has 1 aliphatic rings. The summed E-state index contributed by atoms with van der Waals surface area (Å²) < 4.78 is 53.2. The molecule has 0 aliphatic heterocycles. The van der Waals surface area contributed by atoms with Crippen molar-refractivity contribution in [2.75, 3.05) is 0 Å². The van der Waals surface area contributed by atoms with Crippen molar-refractivity contribution in [3.63, 3.8) is 0 Å². The van der Waals surface area contributed by atoms with Gasteiger partial charge in [-0.1, -0.05) is 171 Å². The molecule has 0 bridgehead atoms. The SMILES string of the molecule is [2H]c1c([2H])c([2H])c(-c2nc(-c3ccc4c(c3)C(C)(C)c3ccccc3-4)nc(-c3cc(-n4c5ccccc5c5ccccc54)cc4c3oc3cc(-c5cccc(-c6ccccc6)c5)ccc34)n2)c([2H])c1[2H]. The molecular weight excluding hydrogens is 793 g/mol. The monoisotopic (exact) mass is 837 g/mol. The molecule has 3 heterocycles. The van der Waals surface area contributed by atoms with Gasteiger partial charge in [0, 0.05) is 43.8 Å². The Morgan fingerprint density at radius 1 is 0.431 bits per heavy atom. The Morgan fingerprint density at radius 2 is 1.05 bits per heavy atom. The van der Waals surface area contributed by atoms with Crippen LogP contribution in [0.3, 0.4) is 0 Å². The number of hydrogen-bond acceptors (Lipinski definition) is 4. The van der Waals surface area contributed by atoms with Crippen LogP contribution in [-0.4, -0.2) is 19.5 Å². The summed E-state index contributed by atoms with van der Waals surface area (Å²) in [4.78, 5) is 15.3. The Labute approximate surface area is 383 Å². The third-order valence-electron chi connectivity index (χ3n) is 13.1. The number of benzene rings is 9. The number of furan rings is 1. The molecule has 0 fully saturated rings. The Balaban J connectivity index is 1.09. The summed E-state index contributed by atoms with van der Waals surface area (Å²) in [6.07, 6.45) is 0. The van der Waals surface area contributed by atoms with Crippen LogP contribution in [0.5, 0.6) is 0 Å². The maximum Gasteiger partial charge on any atom is 0.167 e. The first-order chi connectivity index (χ1) is 34.0. The van der Waals surface area contributed by atoms with Crippen molar-refractivity contribution in [1.82, 2.24) is 19.5 Å². The molecule has 13 rings (SSSR count). The Kier molecular flexibility index (Phi) is 7.11. The zero-order valence-corrected chi connectivity index (χ0v) is 35.4. The van der Waals surface area contributed by atoms with Crippen LogP contribution in [0.1, 0.15) is 31.8 Å². The van der Waals surface area contributed by atoms with E-state index in [0.717, 1.165) is 71.6 Å². The molecule has 0 spiro atoms.